The van der Waals surface area contributed by atoms with Crippen LogP contribution in [-0.2, 0) is 4.74 Å². The standard InChI is InChI=1S/C24H37ClO2Si/c1-3-4-5-16-28(2)17-14-20(15-18-28)19-8-12-23(13-9-19)27-24(26)21-6-10-22(25)11-7-21/h6-7,10-11,19-20,23H,3-5,8-9,12-18H2,1-2H3. The molecule has 156 valence electrons. The zero-order valence-electron chi connectivity index (χ0n) is 17.7. The summed E-state index contributed by atoms with van der Waals surface area (Å²) < 4.78 is 5.77. The van der Waals surface area contributed by atoms with Gasteiger partial charge in [0, 0.05) is 5.02 Å². The fraction of sp³-hybridized carbons (Fsp3) is 0.708. The lowest BCUT2D eigenvalue weighted by atomic mass is 9.76. The monoisotopic (exact) mass is 420 g/mol. The van der Waals surface area contributed by atoms with Crippen molar-refractivity contribution in [3.8, 4) is 0 Å². The maximum absolute atomic E-state index is 12.3. The van der Waals surface area contributed by atoms with Crippen LogP contribution in [0.1, 0.15) is 75.1 Å². The largest absolute Gasteiger partial charge is 0.459 e. The van der Waals surface area contributed by atoms with Crippen molar-refractivity contribution in [2.24, 2.45) is 11.8 Å². The van der Waals surface area contributed by atoms with Gasteiger partial charge in [-0.25, -0.2) is 4.79 Å². The van der Waals surface area contributed by atoms with Crippen molar-refractivity contribution in [2.75, 3.05) is 0 Å². The van der Waals surface area contributed by atoms with Crippen LogP contribution in [0, 0.1) is 11.8 Å². The van der Waals surface area contributed by atoms with E-state index in [1.54, 1.807) is 42.4 Å². The Labute approximate surface area is 177 Å². The Balaban J connectivity index is 1.40. The number of unbranched alkanes of at least 4 members (excludes halogenated alkanes) is 2. The summed E-state index contributed by atoms with van der Waals surface area (Å²) in [6.07, 6.45) is 11.8. The van der Waals surface area contributed by atoms with Crippen LogP contribution in [0.4, 0.5) is 0 Å². The number of hydrogen-bond acceptors (Lipinski definition) is 2. The molecule has 2 aliphatic rings. The van der Waals surface area contributed by atoms with E-state index in [2.05, 4.69) is 13.5 Å². The molecule has 2 fully saturated rings. The van der Waals surface area contributed by atoms with Gasteiger partial charge in [0.1, 0.15) is 6.10 Å². The van der Waals surface area contributed by atoms with Crippen LogP contribution < -0.4 is 0 Å². The van der Waals surface area contributed by atoms with Crippen LogP contribution in [0.2, 0.25) is 29.7 Å². The van der Waals surface area contributed by atoms with Crippen molar-refractivity contribution >= 4 is 25.6 Å². The van der Waals surface area contributed by atoms with Crippen molar-refractivity contribution in [3.05, 3.63) is 34.9 Å². The Morgan fingerprint density at radius 2 is 1.61 bits per heavy atom. The molecule has 0 N–H and O–H groups in total. The number of ether oxygens (including phenoxy) is 1. The summed E-state index contributed by atoms with van der Waals surface area (Å²) in [5.41, 5.74) is 0.603. The Morgan fingerprint density at radius 1 is 1.00 bits per heavy atom. The van der Waals surface area contributed by atoms with Crippen LogP contribution in [0.25, 0.3) is 0 Å². The third kappa shape index (κ3) is 6.10. The minimum atomic E-state index is -0.935. The molecule has 3 rings (SSSR count). The molecule has 1 aliphatic heterocycles. The minimum absolute atomic E-state index is 0.0942. The van der Waals surface area contributed by atoms with Gasteiger partial charge < -0.3 is 4.74 Å². The first-order chi connectivity index (χ1) is 13.5. The lowest BCUT2D eigenvalue weighted by Crippen LogP contribution is -2.37. The summed E-state index contributed by atoms with van der Waals surface area (Å²) in [7, 11) is -0.935. The third-order valence-electron chi connectivity index (χ3n) is 7.36. The van der Waals surface area contributed by atoms with E-state index in [1.165, 1.54) is 44.9 Å². The first-order valence-corrected chi connectivity index (χ1v) is 15.0. The topological polar surface area (TPSA) is 26.3 Å². The molecule has 1 aromatic rings. The van der Waals surface area contributed by atoms with Crippen molar-refractivity contribution in [3.63, 3.8) is 0 Å². The van der Waals surface area contributed by atoms with Gasteiger partial charge in [0.05, 0.1) is 13.6 Å². The SMILES string of the molecule is CCCCC[Si]1(C)CCC(C2CCC(OC(=O)c3ccc(Cl)cc3)CC2)CC1. The second kappa shape index (κ2) is 10.3. The Morgan fingerprint density at radius 3 is 2.21 bits per heavy atom. The normalized spacial score (nSPS) is 30.8. The van der Waals surface area contributed by atoms with Gasteiger partial charge in [-0.3, -0.25) is 0 Å². The Hall–Kier alpha value is -0.803. The minimum Gasteiger partial charge on any atom is -0.459 e. The molecule has 2 nitrogen and oxygen atoms in total. The molecule has 4 heteroatoms. The van der Waals surface area contributed by atoms with E-state index in [9.17, 15) is 4.79 Å². The summed E-state index contributed by atoms with van der Waals surface area (Å²) >= 11 is 5.90. The van der Waals surface area contributed by atoms with E-state index in [-0.39, 0.29) is 12.1 Å². The quantitative estimate of drug-likeness (QED) is 0.256. The number of esters is 1. The van der Waals surface area contributed by atoms with Crippen molar-refractivity contribution in [2.45, 2.75) is 95.5 Å². The summed E-state index contributed by atoms with van der Waals surface area (Å²) in [4.78, 5) is 12.3. The van der Waals surface area contributed by atoms with Crippen molar-refractivity contribution in [1.82, 2.24) is 0 Å². The number of rotatable bonds is 7. The molecular formula is C24H37ClO2Si. The number of carbonyl (C=O) groups is 1. The first-order valence-electron chi connectivity index (χ1n) is 11.5. The molecule has 28 heavy (non-hydrogen) atoms. The number of halogens is 1. The number of benzene rings is 1. The number of hydrogen-bond donors (Lipinski definition) is 0. The second-order valence-corrected chi connectivity index (χ2v) is 15.1. The highest BCUT2D eigenvalue weighted by molar-refractivity contribution is 6.78. The number of carbonyl (C=O) groups excluding carboxylic acids is 1. The molecule has 1 saturated heterocycles. The maximum Gasteiger partial charge on any atom is 0.338 e. The second-order valence-electron chi connectivity index (χ2n) is 9.55. The van der Waals surface area contributed by atoms with E-state index in [4.69, 9.17) is 16.3 Å². The lowest BCUT2D eigenvalue weighted by molar-refractivity contribution is 0.0127. The molecule has 0 amide bonds. The van der Waals surface area contributed by atoms with Crippen LogP contribution in [0.3, 0.4) is 0 Å². The molecule has 0 spiro atoms. The van der Waals surface area contributed by atoms with Crippen LogP contribution in [0.15, 0.2) is 24.3 Å². The lowest BCUT2D eigenvalue weighted by Gasteiger charge is -2.41. The molecule has 1 heterocycles. The molecule has 0 aromatic heterocycles. The smallest absolute Gasteiger partial charge is 0.338 e. The zero-order valence-corrected chi connectivity index (χ0v) is 19.5. The first kappa shape index (κ1) is 21.9. The van der Waals surface area contributed by atoms with Gasteiger partial charge >= 0.3 is 5.97 Å². The molecule has 1 saturated carbocycles. The van der Waals surface area contributed by atoms with Gasteiger partial charge in [-0.2, -0.15) is 0 Å². The van der Waals surface area contributed by atoms with Gasteiger partial charge in [-0.1, -0.05) is 75.3 Å². The molecule has 1 aromatic carbocycles. The third-order valence-corrected chi connectivity index (χ3v) is 12.2. The molecule has 0 atom stereocenters. The van der Waals surface area contributed by atoms with Gasteiger partial charge in [0.2, 0.25) is 0 Å². The van der Waals surface area contributed by atoms with E-state index in [1.807, 2.05) is 0 Å². The van der Waals surface area contributed by atoms with Crippen LogP contribution in [-0.4, -0.2) is 20.1 Å². The van der Waals surface area contributed by atoms with E-state index in [0.717, 1.165) is 24.7 Å². The highest BCUT2D eigenvalue weighted by atomic mass is 35.5. The summed E-state index contributed by atoms with van der Waals surface area (Å²) in [6.45, 7) is 4.97. The van der Waals surface area contributed by atoms with Gasteiger partial charge in [0.25, 0.3) is 0 Å². The van der Waals surface area contributed by atoms with Crippen LogP contribution >= 0.6 is 11.6 Å². The van der Waals surface area contributed by atoms with Crippen molar-refractivity contribution in [1.29, 1.82) is 0 Å². The van der Waals surface area contributed by atoms with Gasteiger partial charge in [-0.05, 0) is 61.8 Å². The molecular weight excluding hydrogens is 384 g/mol. The van der Waals surface area contributed by atoms with Crippen molar-refractivity contribution < 1.29 is 9.53 Å². The molecule has 0 unspecified atom stereocenters. The summed E-state index contributed by atoms with van der Waals surface area (Å²) in [5, 5.41) is 0.647. The zero-order chi connectivity index (χ0) is 20.0. The summed E-state index contributed by atoms with van der Waals surface area (Å²) in [5.74, 6) is 1.59. The fourth-order valence-corrected chi connectivity index (χ4v) is 9.46. The van der Waals surface area contributed by atoms with Gasteiger partial charge in [-0.15, -0.1) is 0 Å². The predicted molar refractivity (Wildman–Crippen MR) is 121 cm³/mol. The molecule has 1 aliphatic carbocycles. The predicted octanol–water partition coefficient (Wildman–Crippen LogP) is 7.73. The highest BCUT2D eigenvalue weighted by Crippen LogP contribution is 2.43. The van der Waals surface area contributed by atoms with E-state index < -0.39 is 8.07 Å². The molecule has 0 radical (unpaired) electrons. The van der Waals surface area contributed by atoms with Crippen LogP contribution in [0.5, 0.6) is 0 Å². The Bertz CT molecular complexity index is 614. The summed E-state index contributed by atoms with van der Waals surface area (Å²) in [6, 6.07) is 11.6. The average Bonchev–Trinajstić information content (AvgIpc) is 2.70. The Kier molecular flexibility index (Phi) is 8.05. The van der Waals surface area contributed by atoms with Gasteiger partial charge in [0.15, 0.2) is 0 Å². The maximum atomic E-state index is 12.3. The van der Waals surface area contributed by atoms with E-state index >= 15 is 0 Å². The van der Waals surface area contributed by atoms with E-state index in [0.29, 0.717) is 10.6 Å². The molecule has 0 bridgehead atoms. The average molecular weight is 421 g/mol. The highest BCUT2D eigenvalue weighted by Gasteiger charge is 2.37. The fourth-order valence-electron chi connectivity index (χ4n) is 5.34.